The molecule has 4 heterocycles. The molecule has 4 aliphatic heterocycles. The Labute approximate surface area is 445 Å². The van der Waals surface area contributed by atoms with Gasteiger partial charge in [-0.3, -0.25) is 0 Å². The number of hydrogen-bond donors (Lipinski definition) is 14. The second-order valence-corrected chi connectivity index (χ2v) is 25.7. The van der Waals surface area contributed by atoms with E-state index < -0.39 is 166 Å². The smallest absolute Gasteiger partial charge is 0.187 e. The van der Waals surface area contributed by atoms with Crippen LogP contribution in [-0.4, -0.2) is 232 Å². The van der Waals surface area contributed by atoms with Gasteiger partial charge in [0.2, 0.25) is 0 Å². The van der Waals surface area contributed by atoms with E-state index in [1.54, 1.807) is 0 Å². The lowest BCUT2D eigenvalue weighted by atomic mass is 9.35. The highest BCUT2D eigenvalue weighted by molar-refractivity contribution is 5.20. The molecule has 0 aromatic heterocycles. The summed E-state index contributed by atoms with van der Waals surface area (Å²) in [6.45, 7) is 16.9. The van der Waals surface area contributed by atoms with Crippen LogP contribution in [0.25, 0.3) is 0 Å². The molecule has 0 spiro atoms. The summed E-state index contributed by atoms with van der Waals surface area (Å²) < 4.78 is 49.0. The van der Waals surface area contributed by atoms with Crippen LogP contribution in [0.5, 0.6) is 0 Å². The minimum absolute atomic E-state index is 0.0391. The summed E-state index contributed by atoms with van der Waals surface area (Å²) in [6, 6.07) is 0. The average Bonchev–Trinajstić information content (AvgIpc) is 3.76. The van der Waals surface area contributed by atoms with Crippen molar-refractivity contribution < 1.29 is 109 Å². The second kappa shape index (κ2) is 22.9. The normalized spacial score (nSPS) is 53.2. The Bertz CT molecular complexity index is 1980. The molecule has 0 aromatic rings. The van der Waals surface area contributed by atoms with Crippen molar-refractivity contribution in [3.05, 3.63) is 11.6 Å². The molecule has 22 nitrogen and oxygen atoms in total. The minimum Gasteiger partial charge on any atom is -0.394 e. The van der Waals surface area contributed by atoms with Crippen molar-refractivity contribution >= 4 is 0 Å². The highest BCUT2D eigenvalue weighted by Gasteiger charge is 2.72. The molecule has 30 atom stereocenters. The molecule has 76 heavy (non-hydrogen) atoms. The molecular weight excluding hydrogens is 1000 g/mol. The Balaban J connectivity index is 0.999. The van der Waals surface area contributed by atoms with Gasteiger partial charge in [0, 0.05) is 0 Å². The molecule has 0 aromatic carbocycles. The van der Waals surface area contributed by atoms with Gasteiger partial charge in [0.1, 0.15) is 91.6 Å². The van der Waals surface area contributed by atoms with E-state index in [1.165, 1.54) is 6.92 Å². The molecule has 0 radical (unpaired) electrons. The van der Waals surface area contributed by atoms with Crippen LogP contribution >= 0.6 is 0 Å². The van der Waals surface area contributed by atoms with E-state index in [-0.39, 0.29) is 39.9 Å². The van der Waals surface area contributed by atoms with Gasteiger partial charge in [-0.05, 0) is 131 Å². The monoisotopic (exact) mass is 1090 g/mol. The first kappa shape index (κ1) is 60.9. The maximum atomic E-state index is 12.7. The largest absolute Gasteiger partial charge is 0.394 e. The fourth-order valence-corrected chi connectivity index (χ4v) is 16.2. The molecule has 30 unspecified atom stereocenters. The van der Waals surface area contributed by atoms with E-state index in [9.17, 15) is 71.5 Å². The number of aliphatic hydroxyl groups excluding tert-OH is 14. The fraction of sp³-hybridized carbons (Fsp3) is 0.963. The van der Waals surface area contributed by atoms with Gasteiger partial charge >= 0.3 is 0 Å². The highest BCUT2D eigenvalue weighted by atomic mass is 16.8. The number of rotatable bonds is 15. The zero-order valence-corrected chi connectivity index (χ0v) is 45.6. The van der Waals surface area contributed by atoms with Crippen LogP contribution in [0.3, 0.4) is 0 Å². The van der Waals surface area contributed by atoms with Gasteiger partial charge < -0.3 is 109 Å². The maximum Gasteiger partial charge on any atom is 0.187 e. The van der Waals surface area contributed by atoms with Gasteiger partial charge in [-0.15, -0.1) is 0 Å². The Hall–Kier alpha value is -1.14. The molecule has 8 fully saturated rings. The van der Waals surface area contributed by atoms with Gasteiger partial charge in [-0.2, -0.15) is 0 Å². The van der Waals surface area contributed by atoms with Crippen molar-refractivity contribution in [3.63, 3.8) is 0 Å². The van der Waals surface area contributed by atoms with E-state index in [4.69, 9.17) is 37.9 Å². The summed E-state index contributed by atoms with van der Waals surface area (Å²) in [5, 5.41) is 152. The van der Waals surface area contributed by atoms with Crippen LogP contribution in [0.1, 0.15) is 120 Å². The summed E-state index contributed by atoms with van der Waals surface area (Å²) in [4.78, 5) is 0. The van der Waals surface area contributed by atoms with Crippen molar-refractivity contribution in [3.8, 4) is 0 Å². The van der Waals surface area contributed by atoms with Crippen LogP contribution in [0.15, 0.2) is 11.6 Å². The second-order valence-electron chi connectivity index (χ2n) is 25.7. The van der Waals surface area contributed by atoms with E-state index >= 15 is 0 Å². The van der Waals surface area contributed by atoms with E-state index in [1.807, 2.05) is 20.8 Å². The number of ether oxygens (including phenoxy) is 8. The van der Waals surface area contributed by atoms with Gasteiger partial charge in [0.25, 0.3) is 0 Å². The topological polar surface area (TPSA) is 357 Å². The number of allylic oxidation sites excluding steroid dienone is 2. The zero-order valence-electron chi connectivity index (χ0n) is 45.6. The average molecular weight is 1090 g/mol. The Morgan fingerprint density at radius 1 is 0.579 bits per heavy atom. The van der Waals surface area contributed by atoms with Crippen LogP contribution < -0.4 is 0 Å². The molecule has 22 heteroatoms. The van der Waals surface area contributed by atoms with E-state index in [0.717, 1.165) is 31.3 Å². The molecular formula is C54H92O22. The highest BCUT2D eigenvalue weighted by Crippen LogP contribution is 2.76. The van der Waals surface area contributed by atoms with Crippen LogP contribution in [0.4, 0.5) is 0 Å². The third-order valence-electron chi connectivity index (χ3n) is 20.9. The van der Waals surface area contributed by atoms with Gasteiger partial charge in [0.15, 0.2) is 25.2 Å². The Morgan fingerprint density at radius 2 is 1.13 bits per heavy atom. The van der Waals surface area contributed by atoms with Crippen LogP contribution in [0, 0.1) is 45.3 Å². The van der Waals surface area contributed by atoms with Gasteiger partial charge in [-0.25, -0.2) is 0 Å². The molecule has 0 amide bonds. The van der Waals surface area contributed by atoms with Crippen LogP contribution in [0.2, 0.25) is 0 Å². The minimum atomic E-state index is -1.91. The number of fused-ring (bicyclic) bond motifs is 5. The van der Waals surface area contributed by atoms with Crippen molar-refractivity contribution in [1.82, 2.24) is 0 Å². The number of aliphatic hydroxyl groups is 14. The fourth-order valence-electron chi connectivity index (χ4n) is 16.2. The first-order valence-corrected chi connectivity index (χ1v) is 27.7. The predicted molar refractivity (Wildman–Crippen MR) is 265 cm³/mol. The first-order chi connectivity index (χ1) is 35.5. The third-order valence-corrected chi connectivity index (χ3v) is 20.9. The molecule has 4 saturated carbocycles. The summed E-state index contributed by atoms with van der Waals surface area (Å²) in [5.74, 6) is -0.302. The molecule has 14 N–H and O–H groups in total. The molecule has 4 aliphatic carbocycles. The van der Waals surface area contributed by atoms with E-state index in [0.29, 0.717) is 32.1 Å². The first-order valence-electron chi connectivity index (χ1n) is 27.7. The Morgan fingerprint density at radius 3 is 1.76 bits per heavy atom. The van der Waals surface area contributed by atoms with Crippen molar-refractivity contribution in [1.29, 1.82) is 0 Å². The van der Waals surface area contributed by atoms with Crippen LogP contribution in [-0.2, 0) is 37.9 Å². The van der Waals surface area contributed by atoms with E-state index in [2.05, 4.69) is 40.7 Å². The number of hydrogen-bond acceptors (Lipinski definition) is 22. The zero-order chi connectivity index (χ0) is 55.9. The van der Waals surface area contributed by atoms with Crippen molar-refractivity contribution in [2.24, 2.45) is 45.3 Å². The quantitative estimate of drug-likeness (QED) is 0.0678. The standard InChI is InChI=1S/C54H92O22/c1-23(2)11-10-15-54(9,76-48-44(68)39(63)35(59)27(20-55)71-48)25-12-17-53(8)33(25)26(57)19-31-51(6)16-14-32(50(4,5)30(51)13-18-52(31,53)7)74-49-45(41(65)36(60)28(21-56)72-49)75-47-43(67)40(64)37(61)29(73-47)22-69-46-42(66)38(62)34(58)24(3)70-46/h11,24-49,55-68H,10,12-22H2,1-9H3. The molecule has 8 aliphatic rings. The summed E-state index contributed by atoms with van der Waals surface area (Å²) in [7, 11) is 0. The molecule has 440 valence electrons. The lowest BCUT2D eigenvalue weighted by Crippen LogP contribution is -2.68. The van der Waals surface area contributed by atoms with Gasteiger partial charge in [-0.1, -0.05) is 46.3 Å². The van der Waals surface area contributed by atoms with Crippen molar-refractivity contribution in [2.75, 3.05) is 19.8 Å². The lowest BCUT2D eigenvalue weighted by molar-refractivity contribution is -0.381. The summed E-state index contributed by atoms with van der Waals surface area (Å²) >= 11 is 0. The molecule has 8 rings (SSSR count). The van der Waals surface area contributed by atoms with Gasteiger partial charge in [0.05, 0.1) is 43.7 Å². The van der Waals surface area contributed by atoms with Crippen molar-refractivity contribution in [2.45, 2.75) is 261 Å². The predicted octanol–water partition coefficient (Wildman–Crippen LogP) is -1.17. The SMILES string of the molecule is CC(C)=CCCC(C)(OC1OC(CO)C(O)C(O)C1O)C1CCC2(C)C1C(O)CC1C3(C)CCC(OC4OC(CO)C(O)C(O)C4OC4OC(COC5OC(C)C(O)C(O)C5O)C(O)C(O)C4O)C(C)(C)C3CCC12C. The molecule has 0 bridgehead atoms. The summed E-state index contributed by atoms with van der Waals surface area (Å²) in [5.41, 5.74) is -1.35. The molecule has 4 saturated heterocycles. The third kappa shape index (κ3) is 10.5. The summed E-state index contributed by atoms with van der Waals surface area (Å²) in [6.07, 6.45) is -24.0. The maximum absolute atomic E-state index is 12.7. The lowest BCUT2D eigenvalue weighted by Gasteiger charge is -2.71. The Kier molecular flexibility index (Phi) is 18.4.